The first-order chi connectivity index (χ1) is 41.7. The van der Waals surface area contributed by atoms with Gasteiger partial charge in [-0.25, -0.2) is 0 Å². The molecule has 0 amide bonds. The predicted octanol–water partition coefficient (Wildman–Crippen LogP) is 19.8. The number of thiophene rings is 1. The minimum atomic E-state index is -0.178. The number of para-hydroxylation sites is 5. The monoisotopic (exact) mass is 1090 g/mol. The van der Waals surface area contributed by atoms with E-state index >= 15 is 0 Å². The number of aromatic nitrogens is 1. The highest BCUT2D eigenvalue weighted by Crippen LogP contribution is 2.51. The Morgan fingerprint density at radius 1 is 0.286 bits per heavy atom. The van der Waals surface area contributed by atoms with Crippen molar-refractivity contribution in [3.05, 3.63) is 291 Å². The number of furan rings is 1. The van der Waals surface area contributed by atoms with Crippen LogP contribution in [0.2, 0.25) is 0 Å². The zero-order valence-corrected chi connectivity index (χ0v) is 46.3. The highest BCUT2D eigenvalue weighted by atomic mass is 32.1. The van der Waals surface area contributed by atoms with Crippen LogP contribution in [-0.4, -0.2) is 11.3 Å². The Kier molecular flexibility index (Phi) is 10.3. The summed E-state index contributed by atoms with van der Waals surface area (Å²) < 4.78 is 11.5. The van der Waals surface area contributed by atoms with Crippen molar-refractivity contribution in [3.63, 3.8) is 0 Å². The molecule has 390 valence electrons. The summed E-state index contributed by atoms with van der Waals surface area (Å²) in [7, 11) is 0. The molecule has 16 aromatic rings. The molecule has 6 heteroatoms. The quantitative estimate of drug-likeness (QED) is 0.149. The first-order valence-corrected chi connectivity index (χ1v) is 29.7. The van der Waals surface area contributed by atoms with Gasteiger partial charge in [-0.3, -0.25) is 0 Å². The topological polar surface area (TPSA) is 24.6 Å². The van der Waals surface area contributed by atoms with Crippen molar-refractivity contribution < 1.29 is 4.42 Å². The maximum Gasteiger partial charge on any atom is 0.252 e. The van der Waals surface area contributed by atoms with E-state index in [1.165, 1.54) is 58.5 Å². The van der Waals surface area contributed by atoms with Crippen LogP contribution in [0.15, 0.2) is 296 Å². The number of fused-ring (bicyclic) bond motifs is 13. The van der Waals surface area contributed by atoms with Gasteiger partial charge in [0.25, 0.3) is 6.71 Å². The van der Waals surface area contributed by atoms with E-state index in [0.717, 1.165) is 106 Å². The van der Waals surface area contributed by atoms with Crippen molar-refractivity contribution in [3.8, 4) is 50.2 Å². The third-order valence-electron chi connectivity index (χ3n) is 17.8. The predicted molar refractivity (Wildman–Crippen MR) is 357 cm³/mol. The van der Waals surface area contributed by atoms with Crippen LogP contribution >= 0.6 is 11.3 Å². The molecule has 84 heavy (non-hydrogen) atoms. The summed E-state index contributed by atoms with van der Waals surface area (Å²) in [4.78, 5) is 5.20. The van der Waals surface area contributed by atoms with Gasteiger partial charge in [0.15, 0.2) is 0 Å². The minimum absolute atomic E-state index is 0.178. The molecule has 13 aromatic carbocycles. The fourth-order valence-electron chi connectivity index (χ4n) is 14.1. The molecule has 0 saturated carbocycles. The normalized spacial score (nSPS) is 12.7. The number of anilines is 6. The number of hydrogen-bond acceptors (Lipinski definition) is 4. The Morgan fingerprint density at radius 2 is 0.786 bits per heavy atom. The number of benzene rings is 13. The van der Waals surface area contributed by atoms with Crippen LogP contribution in [0.4, 0.5) is 34.1 Å². The standard InChI is InChI=1S/C78H48BN3OS/c1-3-19-49(20-4-1)56-23-7-13-29-66(56)81-70-40-36-53(51-37-41-75-62(43-51)60-27-11-17-33-74(60)83-75)45-65(70)79-64-39-35-54(52-38-42-77-63(44-52)61-28-12-18-34-76(61)84-77)46-71(64)82(67-30-14-8-24-57(67)50-21-5-2-6-22-50)73-48-55(47-72(81)78(73)79)80-68-31-15-9-25-58(68)59-26-10-16-32-69(59)80/h1-48H. The van der Waals surface area contributed by atoms with E-state index in [9.17, 15) is 0 Å². The largest absolute Gasteiger partial charge is 0.456 e. The number of hydrogen-bond donors (Lipinski definition) is 0. The van der Waals surface area contributed by atoms with Crippen molar-refractivity contribution in [2.45, 2.75) is 0 Å². The summed E-state index contributed by atoms with van der Waals surface area (Å²) in [6.07, 6.45) is 0. The van der Waals surface area contributed by atoms with E-state index < -0.39 is 0 Å². The summed E-state index contributed by atoms with van der Waals surface area (Å²) >= 11 is 1.86. The maximum atomic E-state index is 6.41. The second-order valence-corrected chi connectivity index (χ2v) is 23.4. The van der Waals surface area contributed by atoms with Crippen LogP contribution < -0.4 is 26.2 Å². The van der Waals surface area contributed by atoms with Crippen LogP contribution in [0.3, 0.4) is 0 Å². The molecule has 0 unspecified atom stereocenters. The van der Waals surface area contributed by atoms with Crippen molar-refractivity contribution in [2.24, 2.45) is 0 Å². The molecule has 0 spiro atoms. The minimum Gasteiger partial charge on any atom is -0.456 e. The van der Waals surface area contributed by atoms with Crippen LogP contribution in [0, 0.1) is 0 Å². The molecule has 0 aliphatic carbocycles. The first kappa shape index (κ1) is 47.0. The lowest BCUT2D eigenvalue weighted by Gasteiger charge is -2.45. The van der Waals surface area contributed by atoms with Crippen LogP contribution in [0.25, 0.3) is 114 Å². The van der Waals surface area contributed by atoms with Crippen LogP contribution in [-0.2, 0) is 0 Å². The maximum absolute atomic E-state index is 6.41. The SMILES string of the molecule is c1ccc(-c2ccccc2N2c3ccc(-c4ccc5oc6ccccc6c5c4)cc3B3c4ccc(-c5ccc6sc7ccccc7c6c5)cc4N(c4ccccc4-c4ccccc4)c4cc(-n5c6ccccc6c6ccccc65)cc2c43)cc1. The molecule has 4 nitrogen and oxygen atoms in total. The van der Waals surface area contributed by atoms with Gasteiger partial charge in [-0.05, 0) is 135 Å². The van der Waals surface area contributed by atoms with Gasteiger partial charge in [0.2, 0.25) is 0 Å². The Morgan fingerprint density at radius 3 is 1.49 bits per heavy atom. The highest BCUT2D eigenvalue weighted by Gasteiger charge is 2.45. The van der Waals surface area contributed by atoms with Crippen molar-refractivity contribution in [1.29, 1.82) is 0 Å². The lowest BCUT2D eigenvalue weighted by atomic mass is 9.33. The second-order valence-electron chi connectivity index (χ2n) is 22.3. The summed E-state index contributed by atoms with van der Waals surface area (Å²) in [5, 5.41) is 7.26. The number of nitrogens with zero attached hydrogens (tertiary/aromatic N) is 3. The van der Waals surface area contributed by atoms with Gasteiger partial charge in [-0.2, -0.15) is 0 Å². The zero-order chi connectivity index (χ0) is 55.0. The molecule has 3 aromatic heterocycles. The molecule has 5 heterocycles. The molecular weight excluding hydrogens is 1040 g/mol. The van der Waals surface area contributed by atoms with E-state index in [4.69, 9.17) is 4.42 Å². The van der Waals surface area contributed by atoms with Crippen LogP contribution in [0.5, 0.6) is 0 Å². The fraction of sp³-hybridized carbons (Fsp3) is 0. The molecule has 0 atom stereocenters. The summed E-state index contributed by atoms with van der Waals surface area (Å²) in [6, 6.07) is 108. The molecule has 0 bridgehead atoms. The molecular formula is C78H48BN3OS. The highest BCUT2D eigenvalue weighted by molar-refractivity contribution is 7.25. The second kappa shape index (κ2) is 18.4. The molecule has 0 radical (unpaired) electrons. The van der Waals surface area contributed by atoms with Crippen LogP contribution in [0.1, 0.15) is 0 Å². The third-order valence-corrected chi connectivity index (χ3v) is 18.9. The van der Waals surface area contributed by atoms with Gasteiger partial charge in [-0.1, -0.05) is 206 Å². The molecule has 0 saturated heterocycles. The molecule has 2 aliphatic heterocycles. The van der Waals surface area contributed by atoms with Gasteiger partial charge >= 0.3 is 0 Å². The first-order valence-electron chi connectivity index (χ1n) is 28.8. The Labute approximate surface area is 489 Å². The van der Waals surface area contributed by atoms with E-state index in [2.05, 4.69) is 299 Å². The van der Waals surface area contributed by atoms with Gasteiger partial charge in [0.1, 0.15) is 11.2 Å². The van der Waals surface area contributed by atoms with Crippen molar-refractivity contribution in [2.75, 3.05) is 9.80 Å². The fourth-order valence-corrected chi connectivity index (χ4v) is 15.1. The van der Waals surface area contributed by atoms with E-state index in [0.29, 0.717) is 0 Å². The summed E-state index contributed by atoms with van der Waals surface area (Å²) in [5.41, 5.74) is 25.0. The van der Waals surface area contributed by atoms with Crippen molar-refractivity contribution in [1.82, 2.24) is 4.57 Å². The van der Waals surface area contributed by atoms with E-state index in [1.807, 2.05) is 17.4 Å². The molecule has 18 rings (SSSR count). The Hall–Kier alpha value is -10.7. The average molecular weight is 1090 g/mol. The van der Waals surface area contributed by atoms with Gasteiger partial charge in [0.05, 0.1) is 28.1 Å². The summed E-state index contributed by atoms with van der Waals surface area (Å²) in [5.74, 6) is 0. The lowest BCUT2D eigenvalue weighted by molar-refractivity contribution is 0.669. The zero-order valence-electron chi connectivity index (χ0n) is 45.4. The van der Waals surface area contributed by atoms with Gasteiger partial charge in [0, 0.05) is 75.6 Å². The lowest BCUT2D eigenvalue weighted by Crippen LogP contribution is -2.61. The van der Waals surface area contributed by atoms with Gasteiger partial charge < -0.3 is 18.8 Å². The van der Waals surface area contributed by atoms with Crippen molar-refractivity contribution >= 4 is 132 Å². The smallest absolute Gasteiger partial charge is 0.252 e. The van der Waals surface area contributed by atoms with E-state index in [-0.39, 0.29) is 6.71 Å². The van der Waals surface area contributed by atoms with E-state index in [1.54, 1.807) is 0 Å². The average Bonchev–Trinajstić information content (AvgIpc) is 1.99. The van der Waals surface area contributed by atoms with Gasteiger partial charge in [-0.15, -0.1) is 11.3 Å². The Bertz CT molecular complexity index is 5310. The molecule has 0 N–H and O–H groups in total. The third kappa shape index (κ3) is 7.08. The number of rotatable bonds is 7. The summed E-state index contributed by atoms with van der Waals surface area (Å²) in [6.45, 7) is -0.178. The molecule has 2 aliphatic rings. The Balaban J connectivity index is 0.974. The molecule has 0 fully saturated rings.